The third-order valence-corrected chi connectivity index (χ3v) is 3.06. The topological polar surface area (TPSA) is 37.0 Å². The molecule has 0 fully saturated rings. The zero-order valence-electron chi connectivity index (χ0n) is 8.39. The molecule has 0 saturated carbocycles. The minimum absolute atomic E-state index is 0.0813. The molecule has 0 saturated heterocycles. The number of hydrogen-bond donors (Lipinski definition) is 2. The number of aromatic nitrogens is 1. The number of nitrogens with zero attached hydrogens (tertiary/aromatic N) is 1. The first-order valence-electron chi connectivity index (χ1n) is 4.80. The average Bonchev–Trinajstić information content (AvgIpc) is 2.20. The predicted molar refractivity (Wildman–Crippen MR) is 60.1 cm³/mol. The first-order chi connectivity index (χ1) is 6.64. The van der Waals surface area contributed by atoms with Gasteiger partial charge in [0.2, 0.25) is 0 Å². The molecule has 76 valence electrons. The Morgan fingerprint density at radius 3 is 3.07 bits per heavy atom. The van der Waals surface area contributed by atoms with Gasteiger partial charge < -0.3 is 10.6 Å². The lowest BCUT2D eigenvalue weighted by Crippen LogP contribution is -2.44. The van der Waals surface area contributed by atoms with Crippen LogP contribution in [0.3, 0.4) is 0 Å². The van der Waals surface area contributed by atoms with Gasteiger partial charge in [-0.3, -0.25) is 4.98 Å². The molecule has 14 heavy (non-hydrogen) atoms. The summed E-state index contributed by atoms with van der Waals surface area (Å²) in [5.74, 6) is 0. The number of nitrogens with one attached hydrogen (secondary N) is 2. The van der Waals surface area contributed by atoms with Crippen LogP contribution in [0.1, 0.15) is 20.3 Å². The van der Waals surface area contributed by atoms with Gasteiger partial charge in [-0.2, -0.15) is 0 Å². The van der Waals surface area contributed by atoms with Crippen molar-refractivity contribution in [3.8, 4) is 0 Å². The molecule has 1 aliphatic rings. The molecule has 0 aliphatic carbocycles. The van der Waals surface area contributed by atoms with Crippen LogP contribution in [0.15, 0.2) is 12.4 Å². The van der Waals surface area contributed by atoms with Crippen molar-refractivity contribution >= 4 is 23.0 Å². The fourth-order valence-corrected chi connectivity index (χ4v) is 1.75. The van der Waals surface area contributed by atoms with E-state index in [1.165, 1.54) is 0 Å². The van der Waals surface area contributed by atoms with Crippen LogP contribution >= 0.6 is 11.6 Å². The predicted octanol–water partition coefficient (Wildman–Crippen LogP) is 2.74. The number of anilines is 2. The molecule has 2 heterocycles. The summed E-state index contributed by atoms with van der Waals surface area (Å²) in [6.07, 6.45) is 4.51. The molecule has 3 nitrogen and oxygen atoms in total. The van der Waals surface area contributed by atoms with E-state index in [-0.39, 0.29) is 5.54 Å². The second-order valence-corrected chi connectivity index (χ2v) is 4.34. The number of pyridine rings is 1. The van der Waals surface area contributed by atoms with Crippen molar-refractivity contribution in [3.05, 3.63) is 17.4 Å². The Morgan fingerprint density at radius 1 is 1.57 bits per heavy atom. The van der Waals surface area contributed by atoms with Crippen LogP contribution in [0.4, 0.5) is 11.4 Å². The smallest absolute Gasteiger partial charge is 0.0842 e. The molecule has 0 spiro atoms. The maximum atomic E-state index is 6.06. The van der Waals surface area contributed by atoms with Gasteiger partial charge in [-0.15, -0.1) is 0 Å². The number of rotatable bonds is 1. The Bertz CT molecular complexity index is 353. The van der Waals surface area contributed by atoms with E-state index >= 15 is 0 Å². The lowest BCUT2D eigenvalue weighted by atomic mass is 9.96. The molecule has 0 radical (unpaired) electrons. The molecular formula is C10H14ClN3. The molecule has 1 unspecified atom stereocenters. The first-order valence-corrected chi connectivity index (χ1v) is 5.18. The van der Waals surface area contributed by atoms with Crippen molar-refractivity contribution in [1.82, 2.24) is 4.98 Å². The summed E-state index contributed by atoms with van der Waals surface area (Å²) in [5.41, 5.74) is 2.04. The third kappa shape index (κ3) is 1.52. The van der Waals surface area contributed by atoms with Gasteiger partial charge in [-0.1, -0.05) is 18.5 Å². The molecule has 1 aromatic heterocycles. The Morgan fingerprint density at radius 2 is 2.36 bits per heavy atom. The summed E-state index contributed by atoms with van der Waals surface area (Å²) in [6.45, 7) is 5.24. The Kier molecular flexibility index (Phi) is 2.27. The van der Waals surface area contributed by atoms with Gasteiger partial charge in [-0.05, 0) is 13.3 Å². The largest absolute Gasteiger partial charge is 0.380 e. The maximum absolute atomic E-state index is 6.06. The second kappa shape index (κ2) is 3.31. The van der Waals surface area contributed by atoms with E-state index in [1.54, 1.807) is 12.4 Å². The Labute approximate surface area is 88.9 Å². The van der Waals surface area contributed by atoms with Gasteiger partial charge in [0, 0.05) is 12.7 Å². The molecule has 4 heteroatoms. The van der Waals surface area contributed by atoms with Gasteiger partial charge in [0.25, 0.3) is 0 Å². The molecule has 0 aromatic carbocycles. The van der Waals surface area contributed by atoms with Crippen LogP contribution in [-0.4, -0.2) is 17.1 Å². The van der Waals surface area contributed by atoms with Gasteiger partial charge in [0.05, 0.1) is 28.1 Å². The minimum atomic E-state index is 0.0813. The van der Waals surface area contributed by atoms with E-state index in [2.05, 4.69) is 29.5 Å². The standard InChI is InChI=1S/C10H14ClN3/c1-3-10(2)6-13-8-5-12-4-7(11)9(8)14-10/h4-5,13-14H,3,6H2,1-2H3. The van der Waals surface area contributed by atoms with Crippen LogP contribution in [-0.2, 0) is 0 Å². The molecule has 1 atom stereocenters. The summed E-state index contributed by atoms with van der Waals surface area (Å²) in [4.78, 5) is 4.04. The van der Waals surface area contributed by atoms with Crippen molar-refractivity contribution in [2.75, 3.05) is 17.2 Å². The fraction of sp³-hybridized carbons (Fsp3) is 0.500. The monoisotopic (exact) mass is 211 g/mol. The highest BCUT2D eigenvalue weighted by Crippen LogP contribution is 2.35. The average molecular weight is 212 g/mol. The normalized spacial score (nSPS) is 24.8. The highest BCUT2D eigenvalue weighted by molar-refractivity contribution is 6.33. The van der Waals surface area contributed by atoms with E-state index in [1.807, 2.05) is 0 Å². The van der Waals surface area contributed by atoms with Gasteiger partial charge in [-0.25, -0.2) is 0 Å². The summed E-state index contributed by atoms with van der Waals surface area (Å²) in [6, 6.07) is 0. The zero-order chi connectivity index (χ0) is 10.2. The van der Waals surface area contributed by atoms with Gasteiger partial charge in [0.1, 0.15) is 0 Å². The molecular weight excluding hydrogens is 198 g/mol. The lowest BCUT2D eigenvalue weighted by molar-refractivity contribution is 0.513. The molecule has 2 rings (SSSR count). The van der Waals surface area contributed by atoms with Crippen LogP contribution < -0.4 is 10.6 Å². The highest BCUT2D eigenvalue weighted by Gasteiger charge is 2.28. The van der Waals surface area contributed by atoms with Crippen LogP contribution in [0.2, 0.25) is 5.02 Å². The van der Waals surface area contributed by atoms with Gasteiger partial charge >= 0.3 is 0 Å². The minimum Gasteiger partial charge on any atom is -0.380 e. The SMILES string of the molecule is CCC1(C)CNc2cncc(Cl)c2N1. The lowest BCUT2D eigenvalue weighted by Gasteiger charge is -2.37. The third-order valence-electron chi connectivity index (χ3n) is 2.78. The van der Waals surface area contributed by atoms with Crippen molar-refractivity contribution in [2.45, 2.75) is 25.8 Å². The van der Waals surface area contributed by atoms with Crippen molar-refractivity contribution in [3.63, 3.8) is 0 Å². The molecule has 1 aromatic rings. The summed E-state index contributed by atoms with van der Waals surface area (Å²) in [7, 11) is 0. The fourth-order valence-electron chi connectivity index (χ4n) is 1.55. The van der Waals surface area contributed by atoms with Gasteiger partial charge in [0.15, 0.2) is 0 Å². The summed E-state index contributed by atoms with van der Waals surface area (Å²) in [5, 5.41) is 7.47. The van der Waals surface area contributed by atoms with Crippen molar-refractivity contribution in [1.29, 1.82) is 0 Å². The number of hydrogen-bond acceptors (Lipinski definition) is 3. The van der Waals surface area contributed by atoms with Crippen LogP contribution in [0, 0.1) is 0 Å². The van der Waals surface area contributed by atoms with Crippen LogP contribution in [0.25, 0.3) is 0 Å². The first kappa shape index (κ1) is 9.59. The Balaban J connectivity index is 2.38. The Hall–Kier alpha value is -0.960. The van der Waals surface area contributed by atoms with E-state index in [0.29, 0.717) is 5.02 Å². The summed E-state index contributed by atoms with van der Waals surface area (Å²) >= 11 is 6.06. The van der Waals surface area contributed by atoms with E-state index in [0.717, 1.165) is 24.3 Å². The number of fused-ring (bicyclic) bond motifs is 1. The van der Waals surface area contributed by atoms with Crippen molar-refractivity contribution in [2.24, 2.45) is 0 Å². The number of halogens is 1. The van der Waals surface area contributed by atoms with Crippen LogP contribution in [0.5, 0.6) is 0 Å². The molecule has 1 aliphatic heterocycles. The zero-order valence-corrected chi connectivity index (χ0v) is 9.15. The van der Waals surface area contributed by atoms with E-state index in [9.17, 15) is 0 Å². The quantitative estimate of drug-likeness (QED) is 0.750. The molecule has 2 N–H and O–H groups in total. The van der Waals surface area contributed by atoms with Crippen molar-refractivity contribution < 1.29 is 0 Å². The summed E-state index contributed by atoms with van der Waals surface area (Å²) < 4.78 is 0. The highest BCUT2D eigenvalue weighted by atomic mass is 35.5. The van der Waals surface area contributed by atoms with E-state index < -0.39 is 0 Å². The second-order valence-electron chi connectivity index (χ2n) is 3.94. The van der Waals surface area contributed by atoms with E-state index in [4.69, 9.17) is 11.6 Å². The maximum Gasteiger partial charge on any atom is 0.0842 e. The molecule has 0 amide bonds. The molecule has 0 bridgehead atoms.